The van der Waals surface area contributed by atoms with Crippen molar-refractivity contribution >= 4 is 22.8 Å². The zero-order chi connectivity index (χ0) is 18.2. The summed E-state index contributed by atoms with van der Waals surface area (Å²) in [5.74, 6) is -1.61. The highest BCUT2D eigenvalue weighted by molar-refractivity contribution is 6.07. The van der Waals surface area contributed by atoms with Crippen LogP contribution >= 0.6 is 0 Å². The number of amides is 1. The minimum Gasteiger partial charge on any atom is -0.480 e. The van der Waals surface area contributed by atoms with Gasteiger partial charge in [0.25, 0.3) is 5.91 Å². The van der Waals surface area contributed by atoms with E-state index in [1.807, 2.05) is 28.8 Å². The lowest BCUT2D eigenvalue weighted by Crippen LogP contribution is -2.44. The molecule has 0 saturated carbocycles. The van der Waals surface area contributed by atoms with Gasteiger partial charge in [-0.1, -0.05) is 24.3 Å². The first-order valence-corrected chi connectivity index (χ1v) is 7.87. The molecule has 1 aromatic heterocycles. The Morgan fingerprint density at radius 1 is 1.40 bits per heavy atom. The molecule has 134 valence electrons. The highest BCUT2D eigenvalue weighted by Gasteiger charge is 2.23. The molecule has 0 fully saturated rings. The quantitative estimate of drug-likeness (QED) is 0.505. The van der Waals surface area contributed by atoms with Crippen LogP contribution in [-0.2, 0) is 20.8 Å². The topological polar surface area (TPSA) is 89.8 Å². The van der Waals surface area contributed by atoms with Crippen molar-refractivity contribution in [3.05, 3.63) is 48.7 Å². The van der Waals surface area contributed by atoms with Crippen LogP contribution in [0.5, 0.6) is 0 Å². The van der Waals surface area contributed by atoms with Crippen LogP contribution in [0.1, 0.15) is 10.4 Å². The van der Waals surface area contributed by atoms with Crippen LogP contribution in [0.3, 0.4) is 0 Å². The second-order valence-electron chi connectivity index (χ2n) is 5.44. The maximum Gasteiger partial charge on any atom is 0.328 e. The van der Waals surface area contributed by atoms with E-state index >= 15 is 0 Å². The molecule has 0 radical (unpaired) electrons. The fourth-order valence-electron chi connectivity index (χ4n) is 2.48. The Labute approximate surface area is 145 Å². The molecule has 7 heteroatoms. The number of aromatic nitrogens is 1. The molecule has 1 aromatic carbocycles. The molecule has 2 aromatic rings. The maximum atomic E-state index is 12.6. The second-order valence-corrected chi connectivity index (χ2v) is 5.44. The summed E-state index contributed by atoms with van der Waals surface area (Å²) in [5.41, 5.74) is 1.31. The number of carboxylic acid groups (broad SMARTS) is 1. The zero-order valence-corrected chi connectivity index (χ0v) is 14.1. The number of carbonyl (C=O) groups excluding carboxylic acids is 1. The van der Waals surface area contributed by atoms with Gasteiger partial charge in [0.15, 0.2) is 6.04 Å². The number of carbonyl (C=O) groups is 2. The molecule has 0 spiro atoms. The van der Waals surface area contributed by atoms with E-state index in [1.54, 1.807) is 13.3 Å². The summed E-state index contributed by atoms with van der Waals surface area (Å²) in [6.45, 7) is 4.69. The molecule has 1 atom stereocenters. The number of aliphatic carboxylic acids is 1. The number of ether oxygens (including phenoxy) is 2. The number of para-hydroxylation sites is 1. The van der Waals surface area contributed by atoms with Crippen LogP contribution in [0, 0.1) is 0 Å². The summed E-state index contributed by atoms with van der Waals surface area (Å²) < 4.78 is 12.2. The van der Waals surface area contributed by atoms with Gasteiger partial charge in [0, 0.05) is 30.8 Å². The minimum atomic E-state index is -1.15. The Morgan fingerprint density at radius 2 is 2.16 bits per heavy atom. The van der Waals surface area contributed by atoms with Gasteiger partial charge in [0.1, 0.15) is 0 Å². The first kappa shape index (κ1) is 18.7. The molecule has 1 unspecified atom stereocenters. The normalized spacial score (nSPS) is 12.0. The van der Waals surface area contributed by atoms with Gasteiger partial charge in [0.05, 0.1) is 25.4 Å². The number of fused-ring (bicyclic) bond motifs is 1. The van der Waals surface area contributed by atoms with E-state index in [0.717, 1.165) is 10.9 Å². The molecule has 2 rings (SSSR count). The third-order valence-corrected chi connectivity index (χ3v) is 3.69. The van der Waals surface area contributed by atoms with E-state index in [-0.39, 0.29) is 13.2 Å². The van der Waals surface area contributed by atoms with E-state index in [1.165, 1.54) is 6.08 Å². The van der Waals surface area contributed by atoms with Crippen molar-refractivity contribution in [2.75, 3.05) is 26.9 Å². The number of rotatable bonds is 10. The predicted octanol–water partition coefficient (Wildman–Crippen LogP) is 1.67. The Bertz CT molecular complexity index is 753. The lowest BCUT2D eigenvalue weighted by molar-refractivity contribution is -0.140. The van der Waals surface area contributed by atoms with Crippen LogP contribution in [0.15, 0.2) is 43.1 Å². The summed E-state index contributed by atoms with van der Waals surface area (Å²) in [7, 11) is 1.61. The van der Waals surface area contributed by atoms with Crippen molar-refractivity contribution in [1.82, 2.24) is 9.88 Å². The molecule has 1 amide bonds. The lowest BCUT2D eigenvalue weighted by atomic mass is 10.1. The third-order valence-electron chi connectivity index (χ3n) is 3.69. The molecule has 1 heterocycles. The van der Waals surface area contributed by atoms with Gasteiger partial charge < -0.3 is 24.5 Å². The number of hydrogen-bond donors (Lipinski definition) is 2. The van der Waals surface area contributed by atoms with Gasteiger partial charge in [0.2, 0.25) is 0 Å². The number of benzene rings is 1. The number of nitrogens with one attached hydrogen (secondary N) is 1. The van der Waals surface area contributed by atoms with Gasteiger partial charge in [-0.3, -0.25) is 4.79 Å². The molecular formula is C18H22N2O5. The average molecular weight is 346 g/mol. The van der Waals surface area contributed by atoms with Crippen molar-refractivity contribution in [2.45, 2.75) is 12.6 Å². The molecule has 25 heavy (non-hydrogen) atoms. The van der Waals surface area contributed by atoms with Gasteiger partial charge in [-0.25, -0.2) is 4.79 Å². The fraction of sp³-hybridized carbons (Fsp3) is 0.333. The largest absolute Gasteiger partial charge is 0.480 e. The molecule has 0 aliphatic heterocycles. The highest BCUT2D eigenvalue weighted by atomic mass is 16.5. The van der Waals surface area contributed by atoms with Crippen LogP contribution < -0.4 is 5.32 Å². The number of carboxylic acids is 1. The van der Waals surface area contributed by atoms with Crippen molar-refractivity contribution < 1.29 is 24.2 Å². The Kier molecular flexibility index (Phi) is 6.73. The molecule has 0 aliphatic rings. The molecule has 2 N–H and O–H groups in total. The monoisotopic (exact) mass is 346 g/mol. The van der Waals surface area contributed by atoms with Crippen molar-refractivity contribution in [3.63, 3.8) is 0 Å². The summed E-state index contributed by atoms with van der Waals surface area (Å²) in [5, 5.41) is 12.5. The van der Waals surface area contributed by atoms with Crippen LogP contribution in [0.25, 0.3) is 10.9 Å². The Morgan fingerprint density at radius 3 is 2.84 bits per heavy atom. The summed E-state index contributed by atoms with van der Waals surface area (Å²) in [4.78, 5) is 23.9. The van der Waals surface area contributed by atoms with Crippen LogP contribution in [0.4, 0.5) is 0 Å². The van der Waals surface area contributed by atoms with E-state index in [9.17, 15) is 14.7 Å². The highest BCUT2D eigenvalue weighted by Crippen LogP contribution is 2.21. The first-order valence-electron chi connectivity index (χ1n) is 7.87. The summed E-state index contributed by atoms with van der Waals surface area (Å²) in [6, 6.07) is 6.33. The predicted molar refractivity (Wildman–Crippen MR) is 93.7 cm³/mol. The van der Waals surface area contributed by atoms with E-state index < -0.39 is 17.9 Å². The first-order chi connectivity index (χ1) is 12.1. The maximum absolute atomic E-state index is 12.6. The second kappa shape index (κ2) is 9.00. The summed E-state index contributed by atoms with van der Waals surface area (Å²) >= 11 is 0. The Hall–Kier alpha value is -2.64. The van der Waals surface area contributed by atoms with Crippen molar-refractivity contribution in [1.29, 1.82) is 0 Å². The van der Waals surface area contributed by atoms with E-state index in [2.05, 4.69) is 11.9 Å². The van der Waals surface area contributed by atoms with Crippen molar-refractivity contribution in [3.8, 4) is 0 Å². The smallest absolute Gasteiger partial charge is 0.328 e. The van der Waals surface area contributed by atoms with Crippen LogP contribution in [0.2, 0.25) is 0 Å². The fourth-order valence-corrected chi connectivity index (χ4v) is 2.48. The molecule has 7 nitrogen and oxygen atoms in total. The number of methoxy groups -OCH3 is 1. The minimum absolute atomic E-state index is 0.130. The van der Waals surface area contributed by atoms with E-state index in [4.69, 9.17) is 9.47 Å². The molecular weight excluding hydrogens is 324 g/mol. The lowest BCUT2D eigenvalue weighted by Gasteiger charge is -2.14. The number of hydrogen-bond acceptors (Lipinski definition) is 4. The van der Waals surface area contributed by atoms with Crippen LogP contribution in [-0.4, -0.2) is 54.5 Å². The van der Waals surface area contributed by atoms with E-state index in [0.29, 0.717) is 18.7 Å². The summed E-state index contributed by atoms with van der Waals surface area (Å²) in [6.07, 6.45) is 3.23. The average Bonchev–Trinajstić information content (AvgIpc) is 2.98. The standard InChI is InChI=1S/C18H22N2O5/c1-3-9-25-12-15(18(22)23)19-17(21)14-11-20(8-10-24-2)16-7-5-4-6-13(14)16/h3-7,11,15H,1,8-10,12H2,2H3,(H,19,21)(H,22,23). The van der Waals surface area contributed by atoms with Gasteiger partial charge in [-0.15, -0.1) is 6.58 Å². The molecule has 0 aliphatic carbocycles. The van der Waals surface area contributed by atoms with Gasteiger partial charge in [-0.2, -0.15) is 0 Å². The zero-order valence-electron chi connectivity index (χ0n) is 14.1. The van der Waals surface area contributed by atoms with Gasteiger partial charge >= 0.3 is 5.97 Å². The third kappa shape index (κ3) is 4.68. The number of nitrogens with zero attached hydrogens (tertiary/aromatic N) is 1. The molecule has 0 saturated heterocycles. The Balaban J connectivity index is 2.22. The van der Waals surface area contributed by atoms with Gasteiger partial charge in [-0.05, 0) is 6.07 Å². The SMILES string of the molecule is C=CCOCC(NC(=O)c1cn(CCOC)c2ccccc12)C(=O)O. The van der Waals surface area contributed by atoms with Crippen molar-refractivity contribution in [2.24, 2.45) is 0 Å². The molecule has 0 bridgehead atoms.